The van der Waals surface area contributed by atoms with Gasteiger partial charge in [-0.05, 0) is 25.8 Å². The zero-order valence-corrected chi connectivity index (χ0v) is 14.0. The molecule has 1 heterocycles. The summed E-state index contributed by atoms with van der Waals surface area (Å²) in [6.45, 7) is 5.61. The molecule has 0 aliphatic heterocycles. The quantitative estimate of drug-likeness (QED) is 0.903. The molecule has 6 heteroatoms. The number of rotatable bonds is 5. The maximum atomic E-state index is 12.3. The van der Waals surface area contributed by atoms with Crippen LogP contribution in [-0.2, 0) is 4.79 Å². The van der Waals surface area contributed by atoms with E-state index in [0.29, 0.717) is 16.3 Å². The Morgan fingerprint density at radius 2 is 2.13 bits per heavy atom. The summed E-state index contributed by atoms with van der Waals surface area (Å²) in [4.78, 5) is 12.3. The largest absolute Gasteiger partial charge is 0.361 e. The minimum Gasteiger partial charge on any atom is -0.361 e. The van der Waals surface area contributed by atoms with Crippen molar-refractivity contribution in [2.75, 3.05) is 0 Å². The predicted molar refractivity (Wildman–Crippen MR) is 87.0 cm³/mol. The molecule has 0 bridgehead atoms. The van der Waals surface area contributed by atoms with Crippen molar-refractivity contribution in [1.29, 1.82) is 5.26 Å². The molecule has 1 aromatic heterocycles. The number of hydrogen-bond acceptors (Lipinski definition) is 4. The number of carbonyl (C=O) groups excluding carboxylic acids is 1. The molecule has 2 atom stereocenters. The van der Waals surface area contributed by atoms with E-state index in [0.717, 1.165) is 11.3 Å². The van der Waals surface area contributed by atoms with E-state index in [1.807, 2.05) is 20.8 Å². The van der Waals surface area contributed by atoms with Gasteiger partial charge in [0, 0.05) is 22.6 Å². The number of benzene rings is 1. The van der Waals surface area contributed by atoms with Gasteiger partial charge in [-0.3, -0.25) is 4.79 Å². The van der Waals surface area contributed by atoms with Crippen molar-refractivity contribution in [2.45, 2.75) is 39.2 Å². The molecule has 120 valence electrons. The number of carbonyl (C=O) groups is 1. The predicted octanol–water partition coefficient (Wildman–Crippen LogP) is 3.82. The van der Waals surface area contributed by atoms with Gasteiger partial charge in [0.2, 0.25) is 5.91 Å². The third-order valence-corrected chi connectivity index (χ3v) is 4.07. The van der Waals surface area contributed by atoms with Crippen LogP contribution in [0.3, 0.4) is 0 Å². The van der Waals surface area contributed by atoms with Gasteiger partial charge in [-0.2, -0.15) is 5.26 Å². The summed E-state index contributed by atoms with van der Waals surface area (Å²) < 4.78 is 5.13. The molecule has 1 amide bonds. The zero-order valence-electron chi connectivity index (χ0n) is 13.3. The first-order chi connectivity index (χ1) is 10.9. The van der Waals surface area contributed by atoms with Gasteiger partial charge in [-0.25, -0.2) is 0 Å². The van der Waals surface area contributed by atoms with E-state index in [2.05, 4.69) is 16.5 Å². The number of nitrogens with one attached hydrogen (secondary N) is 1. The summed E-state index contributed by atoms with van der Waals surface area (Å²) in [5.74, 6) is 0.446. The lowest BCUT2D eigenvalue weighted by molar-refractivity contribution is -0.121. The second kappa shape index (κ2) is 7.30. The summed E-state index contributed by atoms with van der Waals surface area (Å²) in [5.41, 5.74) is 2.31. The van der Waals surface area contributed by atoms with Gasteiger partial charge >= 0.3 is 0 Å². The lowest BCUT2D eigenvalue weighted by Crippen LogP contribution is -2.28. The minimum atomic E-state index is -0.770. The van der Waals surface area contributed by atoms with Crippen LogP contribution in [-0.4, -0.2) is 11.1 Å². The Kier molecular flexibility index (Phi) is 5.41. The maximum absolute atomic E-state index is 12.3. The van der Waals surface area contributed by atoms with E-state index in [1.54, 1.807) is 24.3 Å². The molecule has 1 N–H and O–H groups in total. The number of aromatic nitrogens is 1. The molecule has 0 fully saturated rings. The van der Waals surface area contributed by atoms with E-state index in [4.69, 9.17) is 16.1 Å². The van der Waals surface area contributed by atoms with Crippen LogP contribution in [0.15, 0.2) is 28.8 Å². The SMILES string of the molecule is Cc1noc(C)c1[C@@H](C)CC(=O)N[C@@H](C#N)c1ccccc1Cl. The Morgan fingerprint density at radius 1 is 1.43 bits per heavy atom. The van der Waals surface area contributed by atoms with Gasteiger partial charge in [0.05, 0.1) is 11.8 Å². The van der Waals surface area contributed by atoms with Crippen LogP contribution in [0.2, 0.25) is 5.02 Å². The van der Waals surface area contributed by atoms with Gasteiger partial charge in [0.25, 0.3) is 0 Å². The summed E-state index contributed by atoms with van der Waals surface area (Å²) in [5, 5.41) is 16.4. The second-order valence-corrected chi connectivity index (χ2v) is 5.90. The Labute approximate surface area is 140 Å². The molecule has 2 aromatic rings. The molecule has 1 aromatic carbocycles. The Bertz CT molecular complexity index is 729. The van der Waals surface area contributed by atoms with Gasteiger partial charge in [0.1, 0.15) is 11.8 Å². The molecule has 2 rings (SSSR count). The van der Waals surface area contributed by atoms with Crippen molar-refractivity contribution in [1.82, 2.24) is 10.5 Å². The maximum Gasteiger partial charge on any atom is 0.221 e. The van der Waals surface area contributed by atoms with Crippen LogP contribution in [0.5, 0.6) is 0 Å². The van der Waals surface area contributed by atoms with E-state index in [1.165, 1.54) is 0 Å². The van der Waals surface area contributed by atoms with Crippen LogP contribution in [0.1, 0.15) is 47.9 Å². The topological polar surface area (TPSA) is 78.9 Å². The van der Waals surface area contributed by atoms with Crippen molar-refractivity contribution in [3.05, 3.63) is 51.9 Å². The fraction of sp³-hybridized carbons (Fsp3) is 0.353. The molecular weight excluding hydrogens is 314 g/mol. The van der Waals surface area contributed by atoms with Crippen molar-refractivity contribution in [3.8, 4) is 6.07 Å². The molecule has 0 aliphatic rings. The normalized spacial score (nSPS) is 13.2. The molecule has 0 radical (unpaired) electrons. The van der Waals surface area contributed by atoms with E-state index >= 15 is 0 Å². The molecule has 5 nitrogen and oxygen atoms in total. The molecule has 0 saturated carbocycles. The molecule has 0 unspecified atom stereocenters. The van der Waals surface area contributed by atoms with Crippen molar-refractivity contribution in [3.63, 3.8) is 0 Å². The summed E-state index contributed by atoms with van der Waals surface area (Å²) in [6.07, 6.45) is 0.242. The standard InChI is InChI=1S/C17H18ClN3O2/c1-10(17-11(2)21-23-12(17)3)8-16(22)20-15(9-19)13-6-4-5-7-14(13)18/h4-7,10,15H,8H2,1-3H3,(H,20,22)/t10-,15-/m0/s1. The fourth-order valence-corrected chi connectivity index (χ4v) is 2.93. The molecule has 0 saturated heterocycles. The number of hydrogen-bond donors (Lipinski definition) is 1. The van der Waals surface area contributed by atoms with Crippen LogP contribution in [0.4, 0.5) is 0 Å². The van der Waals surface area contributed by atoms with E-state index in [-0.39, 0.29) is 18.2 Å². The van der Waals surface area contributed by atoms with Gasteiger partial charge in [-0.1, -0.05) is 41.9 Å². The van der Waals surface area contributed by atoms with Crippen molar-refractivity contribution >= 4 is 17.5 Å². The highest BCUT2D eigenvalue weighted by Crippen LogP contribution is 2.27. The van der Waals surface area contributed by atoms with Gasteiger partial charge in [0.15, 0.2) is 0 Å². The van der Waals surface area contributed by atoms with E-state index < -0.39 is 6.04 Å². The molecule has 0 spiro atoms. The molecule has 23 heavy (non-hydrogen) atoms. The number of halogens is 1. The minimum absolute atomic E-state index is 0.0492. The molecular formula is C17H18ClN3O2. The average Bonchev–Trinajstić information content (AvgIpc) is 2.84. The highest BCUT2D eigenvalue weighted by molar-refractivity contribution is 6.31. The van der Waals surface area contributed by atoms with Gasteiger partial charge in [-0.15, -0.1) is 0 Å². The van der Waals surface area contributed by atoms with Gasteiger partial charge < -0.3 is 9.84 Å². The van der Waals surface area contributed by atoms with E-state index in [9.17, 15) is 10.1 Å². The third-order valence-electron chi connectivity index (χ3n) is 3.72. The summed E-state index contributed by atoms with van der Waals surface area (Å²) in [6, 6.07) is 8.29. The van der Waals surface area contributed by atoms with Crippen LogP contribution >= 0.6 is 11.6 Å². The number of nitriles is 1. The first kappa shape index (κ1) is 17.0. The summed E-state index contributed by atoms with van der Waals surface area (Å²) >= 11 is 6.09. The Hall–Kier alpha value is -2.32. The smallest absolute Gasteiger partial charge is 0.221 e. The lowest BCUT2D eigenvalue weighted by Gasteiger charge is -2.16. The Morgan fingerprint density at radius 3 is 2.70 bits per heavy atom. The zero-order chi connectivity index (χ0) is 17.0. The highest BCUT2D eigenvalue weighted by atomic mass is 35.5. The fourth-order valence-electron chi connectivity index (χ4n) is 2.68. The number of nitrogens with zero attached hydrogens (tertiary/aromatic N) is 2. The first-order valence-corrected chi connectivity index (χ1v) is 7.68. The lowest BCUT2D eigenvalue weighted by atomic mass is 9.95. The van der Waals surface area contributed by atoms with Crippen LogP contribution < -0.4 is 5.32 Å². The third kappa shape index (κ3) is 3.91. The molecule has 0 aliphatic carbocycles. The Balaban J connectivity index is 2.07. The second-order valence-electron chi connectivity index (χ2n) is 5.49. The average molecular weight is 332 g/mol. The highest BCUT2D eigenvalue weighted by Gasteiger charge is 2.22. The number of aryl methyl sites for hydroxylation is 2. The summed E-state index contributed by atoms with van der Waals surface area (Å²) in [7, 11) is 0. The van der Waals surface area contributed by atoms with Crippen LogP contribution in [0.25, 0.3) is 0 Å². The number of amides is 1. The van der Waals surface area contributed by atoms with Crippen molar-refractivity contribution < 1.29 is 9.32 Å². The monoisotopic (exact) mass is 331 g/mol. The van der Waals surface area contributed by atoms with Crippen LogP contribution in [0, 0.1) is 25.2 Å². The van der Waals surface area contributed by atoms with Crippen molar-refractivity contribution in [2.24, 2.45) is 0 Å². The first-order valence-electron chi connectivity index (χ1n) is 7.30.